The van der Waals surface area contributed by atoms with E-state index in [4.69, 9.17) is 14.2 Å². The molecule has 0 bridgehead atoms. The van der Waals surface area contributed by atoms with Crippen LogP contribution in [0.4, 0.5) is 0 Å². The molecule has 0 amide bonds. The molecule has 0 aliphatic carbocycles. The van der Waals surface area contributed by atoms with E-state index >= 15 is 0 Å². The highest BCUT2D eigenvalue weighted by Gasteiger charge is 2.16. The number of unbranched alkanes of at least 4 members (excludes halogenated alkanes) is 1. The first-order chi connectivity index (χ1) is 10.3. The molecule has 2 rings (SSSR count). The van der Waals surface area contributed by atoms with Gasteiger partial charge in [-0.1, -0.05) is 28.0 Å². The van der Waals surface area contributed by atoms with Gasteiger partial charge in [-0.2, -0.15) is 0 Å². The van der Waals surface area contributed by atoms with E-state index in [1.54, 1.807) is 0 Å². The molecule has 4 nitrogen and oxygen atoms in total. The summed E-state index contributed by atoms with van der Waals surface area (Å²) in [6.45, 7) is 1.56. The monoisotopic (exact) mass is 334 g/mol. The molecule has 0 aromatic carbocycles. The van der Waals surface area contributed by atoms with Crippen LogP contribution in [0.1, 0.15) is 51.4 Å². The standard InChI is InChI=1S/C15H26O4S2/c16-14(6-2-1-5-13-8-12-20-21-13)17-10-11-19-15-7-3-4-9-18-15/h13,15H,1-12H2/t13-,15?/m1/s1. The third-order valence-electron chi connectivity index (χ3n) is 3.67. The number of ether oxygens (including phenoxy) is 3. The summed E-state index contributed by atoms with van der Waals surface area (Å²) in [6, 6.07) is 0. The Morgan fingerprint density at radius 2 is 2.14 bits per heavy atom. The van der Waals surface area contributed by atoms with Crippen LogP contribution in [0.15, 0.2) is 0 Å². The minimum absolute atomic E-state index is 0.0979. The van der Waals surface area contributed by atoms with E-state index in [0.717, 1.165) is 44.0 Å². The van der Waals surface area contributed by atoms with E-state index in [0.29, 0.717) is 19.6 Å². The average molecular weight is 335 g/mol. The van der Waals surface area contributed by atoms with Crippen molar-refractivity contribution in [2.45, 2.75) is 62.9 Å². The molecule has 21 heavy (non-hydrogen) atoms. The summed E-state index contributed by atoms with van der Waals surface area (Å²) in [4.78, 5) is 11.6. The molecule has 122 valence electrons. The molecule has 0 saturated carbocycles. The van der Waals surface area contributed by atoms with Gasteiger partial charge in [0.15, 0.2) is 6.29 Å². The van der Waals surface area contributed by atoms with Gasteiger partial charge in [-0.3, -0.25) is 4.79 Å². The van der Waals surface area contributed by atoms with Crippen LogP contribution in [0.3, 0.4) is 0 Å². The molecule has 6 heteroatoms. The second-order valence-corrected chi connectivity index (χ2v) is 8.25. The lowest BCUT2D eigenvalue weighted by molar-refractivity contribution is -0.173. The van der Waals surface area contributed by atoms with Crippen LogP contribution < -0.4 is 0 Å². The van der Waals surface area contributed by atoms with Crippen molar-refractivity contribution in [2.24, 2.45) is 0 Å². The zero-order valence-electron chi connectivity index (χ0n) is 12.6. The molecule has 0 aromatic rings. The molecule has 0 radical (unpaired) electrons. The predicted molar refractivity (Wildman–Crippen MR) is 87.4 cm³/mol. The molecule has 2 aliphatic heterocycles. The molecule has 2 saturated heterocycles. The zero-order chi connectivity index (χ0) is 14.8. The van der Waals surface area contributed by atoms with Crippen molar-refractivity contribution in [1.29, 1.82) is 0 Å². The molecule has 2 atom stereocenters. The van der Waals surface area contributed by atoms with Gasteiger partial charge in [-0.25, -0.2) is 0 Å². The van der Waals surface area contributed by atoms with Crippen LogP contribution in [0.2, 0.25) is 0 Å². The lowest BCUT2D eigenvalue weighted by Crippen LogP contribution is -2.24. The largest absolute Gasteiger partial charge is 0.463 e. The smallest absolute Gasteiger partial charge is 0.305 e. The second-order valence-electron chi connectivity index (χ2n) is 5.46. The van der Waals surface area contributed by atoms with Crippen LogP contribution in [0.25, 0.3) is 0 Å². The highest BCUT2D eigenvalue weighted by atomic mass is 33.1. The topological polar surface area (TPSA) is 44.8 Å². The number of hydrogen-bond donors (Lipinski definition) is 0. The van der Waals surface area contributed by atoms with Crippen LogP contribution in [0, 0.1) is 0 Å². The maximum Gasteiger partial charge on any atom is 0.305 e. The third-order valence-corrected chi connectivity index (χ3v) is 6.68. The van der Waals surface area contributed by atoms with E-state index in [1.165, 1.54) is 18.6 Å². The fourth-order valence-corrected chi connectivity index (χ4v) is 5.48. The molecular weight excluding hydrogens is 308 g/mol. The van der Waals surface area contributed by atoms with Gasteiger partial charge >= 0.3 is 5.97 Å². The summed E-state index contributed by atoms with van der Waals surface area (Å²) < 4.78 is 16.1. The fraction of sp³-hybridized carbons (Fsp3) is 0.933. The molecule has 2 aliphatic rings. The van der Waals surface area contributed by atoms with Crippen LogP contribution in [-0.4, -0.2) is 43.1 Å². The number of carbonyl (C=O) groups excluding carboxylic acids is 1. The Morgan fingerprint density at radius 1 is 1.19 bits per heavy atom. The first-order valence-electron chi connectivity index (χ1n) is 8.02. The summed E-state index contributed by atoms with van der Waals surface area (Å²) in [6.07, 6.45) is 8.27. The van der Waals surface area contributed by atoms with Crippen molar-refractivity contribution in [1.82, 2.24) is 0 Å². The Bertz CT molecular complexity index is 289. The molecule has 2 heterocycles. The second kappa shape index (κ2) is 10.8. The highest BCUT2D eigenvalue weighted by Crippen LogP contribution is 2.39. The van der Waals surface area contributed by atoms with Crippen molar-refractivity contribution in [2.75, 3.05) is 25.6 Å². The quantitative estimate of drug-likeness (QED) is 0.363. The van der Waals surface area contributed by atoms with Crippen LogP contribution >= 0.6 is 21.6 Å². The summed E-state index contributed by atoms with van der Waals surface area (Å²) in [5.74, 6) is 1.18. The predicted octanol–water partition coefficient (Wildman–Crippen LogP) is 3.79. The molecule has 0 aromatic heterocycles. The fourth-order valence-electron chi connectivity index (χ4n) is 2.46. The lowest BCUT2D eigenvalue weighted by Gasteiger charge is -2.22. The van der Waals surface area contributed by atoms with Crippen molar-refractivity contribution in [3.05, 3.63) is 0 Å². The molecular formula is C15H26O4S2. The van der Waals surface area contributed by atoms with Gasteiger partial charge in [-0.15, -0.1) is 0 Å². The first kappa shape index (κ1) is 17.4. The number of hydrogen-bond acceptors (Lipinski definition) is 6. The summed E-state index contributed by atoms with van der Waals surface area (Å²) >= 11 is 0. The Balaban J connectivity index is 1.38. The van der Waals surface area contributed by atoms with Gasteiger partial charge in [0, 0.05) is 24.0 Å². The maximum atomic E-state index is 11.6. The normalized spacial score (nSPS) is 25.9. The van der Waals surface area contributed by atoms with Crippen LogP contribution in [0.5, 0.6) is 0 Å². The SMILES string of the molecule is O=C(CCCC[C@@H]1CCSS1)OCCOC1CCCCO1. The van der Waals surface area contributed by atoms with E-state index in [9.17, 15) is 4.79 Å². The minimum atomic E-state index is -0.100. The minimum Gasteiger partial charge on any atom is -0.463 e. The molecule has 2 fully saturated rings. The molecule has 0 spiro atoms. The van der Waals surface area contributed by atoms with Gasteiger partial charge in [-0.05, 0) is 38.5 Å². The summed E-state index contributed by atoms with van der Waals surface area (Å²) in [5.41, 5.74) is 0. The highest BCUT2D eigenvalue weighted by molar-refractivity contribution is 8.77. The van der Waals surface area contributed by atoms with Gasteiger partial charge < -0.3 is 14.2 Å². The Morgan fingerprint density at radius 3 is 2.90 bits per heavy atom. The Kier molecular flexibility index (Phi) is 8.93. The maximum absolute atomic E-state index is 11.6. The van der Waals surface area contributed by atoms with E-state index in [1.807, 2.05) is 21.6 Å². The van der Waals surface area contributed by atoms with Gasteiger partial charge in [0.05, 0.1) is 6.61 Å². The summed E-state index contributed by atoms with van der Waals surface area (Å²) in [7, 11) is 3.98. The van der Waals surface area contributed by atoms with Gasteiger partial charge in [0.1, 0.15) is 6.61 Å². The lowest BCUT2D eigenvalue weighted by atomic mass is 10.1. The Hall–Kier alpha value is 0.0900. The zero-order valence-corrected chi connectivity index (χ0v) is 14.2. The summed E-state index contributed by atoms with van der Waals surface area (Å²) in [5, 5.41) is 0.801. The van der Waals surface area contributed by atoms with Crippen molar-refractivity contribution in [3.8, 4) is 0 Å². The van der Waals surface area contributed by atoms with E-state index < -0.39 is 0 Å². The van der Waals surface area contributed by atoms with E-state index in [2.05, 4.69) is 0 Å². The third kappa shape index (κ3) is 7.77. The van der Waals surface area contributed by atoms with Crippen molar-refractivity contribution in [3.63, 3.8) is 0 Å². The van der Waals surface area contributed by atoms with Crippen molar-refractivity contribution >= 4 is 27.6 Å². The number of esters is 1. The number of rotatable bonds is 9. The van der Waals surface area contributed by atoms with Gasteiger partial charge in [0.25, 0.3) is 0 Å². The average Bonchev–Trinajstić information content (AvgIpc) is 3.02. The van der Waals surface area contributed by atoms with Crippen LogP contribution in [-0.2, 0) is 19.0 Å². The number of carbonyl (C=O) groups is 1. The molecule has 0 N–H and O–H groups in total. The first-order valence-corrected chi connectivity index (χ1v) is 10.4. The van der Waals surface area contributed by atoms with Gasteiger partial charge in [0.2, 0.25) is 0 Å². The van der Waals surface area contributed by atoms with Crippen molar-refractivity contribution < 1.29 is 19.0 Å². The molecule has 1 unspecified atom stereocenters. The Labute approximate surface area is 135 Å². The van der Waals surface area contributed by atoms with E-state index in [-0.39, 0.29) is 12.3 Å².